The van der Waals surface area contributed by atoms with Crippen LogP contribution in [0.1, 0.15) is 11.3 Å². The van der Waals surface area contributed by atoms with Crippen molar-refractivity contribution in [2.24, 2.45) is 12.8 Å². The van der Waals surface area contributed by atoms with Crippen LogP contribution in [0.2, 0.25) is 0 Å². The highest BCUT2D eigenvalue weighted by molar-refractivity contribution is 5.31. The maximum Gasteiger partial charge on any atom is 0.224 e. The van der Waals surface area contributed by atoms with Gasteiger partial charge in [0.1, 0.15) is 0 Å². The van der Waals surface area contributed by atoms with E-state index in [1.807, 2.05) is 26.1 Å². The van der Waals surface area contributed by atoms with E-state index in [-0.39, 0.29) is 0 Å². The first kappa shape index (κ1) is 10.6. The SMILES string of the molecule is Cc1ccc(CN)c(Oc2cnn(C)c2)n1. The molecule has 0 spiro atoms. The summed E-state index contributed by atoms with van der Waals surface area (Å²) in [5, 5.41) is 4.02. The van der Waals surface area contributed by atoms with E-state index in [1.165, 1.54) is 0 Å². The third kappa shape index (κ3) is 2.20. The third-order valence-electron chi connectivity index (χ3n) is 2.19. The molecular formula is C11H14N4O. The molecule has 0 atom stereocenters. The Hall–Kier alpha value is -1.88. The second-order valence-corrected chi connectivity index (χ2v) is 3.57. The molecule has 84 valence electrons. The summed E-state index contributed by atoms with van der Waals surface area (Å²) in [5.74, 6) is 1.21. The molecule has 2 aromatic rings. The van der Waals surface area contributed by atoms with E-state index in [1.54, 1.807) is 17.1 Å². The van der Waals surface area contributed by atoms with Gasteiger partial charge in [-0.1, -0.05) is 6.07 Å². The van der Waals surface area contributed by atoms with Gasteiger partial charge in [0.05, 0.1) is 12.4 Å². The summed E-state index contributed by atoms with van der Waals surface area (Å²) in [6.45, 7) is 2.32. The number of aromatic nitrogens is 3. The monoisotopic (exact) mass is 218 g/mol. The average Bonchev–Trinajstić information content (AvgIpc) is 2.64. The quantitative estimate of drug-likeness (QED) is 0.845. The first-order chi connectivity index (χ1) is 7.69. The van der Waals surface area contributed by atoms with Crippen LogP contribution in [0, 0.1) is 6.92 Å². The molecule has 5 heteroatoms. The van der Waals surface area contributed by atoms with Gasteiger partial charge in [-0.25, -0.2) is 4.98 Å². The van der Waals surface area contributed by atoms with Gasteiger partial charge in [-0.2, -0.15) is 5.10 Å². The van der Waals surface area contributed by atoms with Crippen molar-refractivity contribution >= 4 is 0 Å². The molecule has 0 saturated heterocycles. The highest BCUT2D eigenvalue weighted by Crippen LogP contribution is 2.22. The van der Waals surface area contributed by atoms with Crippen molar-refractivity contribution in [2.45, 2.75) is 13.5 Å². The Bertz CT molecular complexity index is 492. The second kappa shape index (κ2) is 4.32. The van der Waals surface area contributed by atoms with Crippen LogP contribution in [0.3, 0.4) is 0 Å². The number of rotatable bonds is 3. The molecule has 2 N–H and O–H groups in total. The number of nitrogens with zero attached hydrogens (tertiary/aromatic N) is 3. The number of pyridine rings is 1. The largest absolute Gasteiger partial charge is 0.435 e. The van der Waals surface area contributed by atoms with E-state index in [0.29, 0.717) is 18.2 Å². The van der Waals surface area contributed by atoms with E-state index >= 15 is 0 Å². The smallest absolute Gasteiger partial charge is 0.224 e. The molecule has 0 saturated carbocycles. The molecule has 2 heterocycles. The molecule has 5 nitrogen and oxygen atoms in total. The maximum absolute atomic E-state index is 5.63. The van der Waals surface area contributed by atoms with E-state index in [0.717, 1.165) is 11.3 Å². The van der Waals surface area contributed by atoms with E-state index < -0.39 is 0 Å². The second-order valence-electron chi connectivity index (χ2n) is 3.57. The molecule has 0 radical (unpaired) electrons. The predicted molar refractivity (Wildman–Crippen MR) is 60.1 cm³/mol. The minimum atomic E-state index is 0.406. The molecule has 0 unspecified atom stereocenters. The van der Waals surface area contributed by atoms with Crippen molar-refractivity contribution in [3.63, 3.8) is 0 Å². The van der Waals surface area contributed by atoms with Gasteiger partial charge in [-0.3, -0.25) is 4.68 Å². The van der Waals surface area contributed by atoms with Crippen molar-refractivity contribution in [3.05, 3.63) is 35.8 Å². The van der Waals surface area contributed by atoms with Gasteiger partial charge in [0.15, 0.2) is 5.75 Å². The Balaban J connectivity index is 2.29. The summed E-state index contributed by atoms with van der Waals surface area (Å²) < 4.78 is 7.30. The van der Waals surface area contributed by atoms with Crippen LogP contribution in [0.15, 0.2) is 24.5 Å². The molecule has 0 fully saturated rings. The maximum atomic E-state index is 5.63. The highest BCUT2D eigenvalue weighted by atomic mass is 16.5. The first-order valence-electron chi connectivity index (χ1n) is 5.02. The Morgan fingerprint density at radius 2 is 2.25 bits per heavy atom. The average molecular weight is 218 g/mol. The van der Waals surface area contributed by atoms with Crippen molar-refractivity contribution in [2.75, 3.05) is 0 Å². The number of ether oxygens (including phenoxy) is 1. The fourth-order valence-electron chi connectivity index (χ4n) is 1.37. The summed E-state index contributed by atoms with van der Waals surface area (Å²) in [6, 6.07) is 3.84. The van der Waals surface area contributed by atoms with Crippen LogP contribution >= 0.6 is 0 Å². The molecule has 2 rings (SSSR count). The number of aryl methyl sites for hydroxylation is 2. The van der Waals surface area contributed by atoms with Crippen LogP contribution in [-0.2, 0) is 13.6 Å². The lowest BCUT2D eigenvalue weighted by Gasteiger charge is -2.07. The number of hydrogen-bond acceptors (Lipinski definition) is 4. The van der Waals surface area contributed by atoms with E-state index in [4.69, 9.17) is 10.5 Å². The molecule has 0 aliphatic heterocycles. The Kier molecular flexibility index (Phi) is 2.87. The van der Waals surface area contributed by atoms with Crippen molar-refractivity contribution in [1.29, 1.82) is 0 Å². The number of nitrogens with two attached hydrogens (primary N) is 1. The minimum Gasteiger partial charge on any atom is -0.435 e. The molecule has 16 heavy (non-hydrogen) atoms. The van der Waals surface area contributed by atoms with Crippen molar-refractivity contribution < 1.29 is 4.74 Å². The molecule has 0 amide bonds. The zero-order chi connectivity index (χ0) is 11.5. The standard InChI is InChI=1S/C11H14N4O/c1-8-3-4-9(5-12)11(14-8)16-10-6-13-15(2)7-10/h3-4,6-7H,5,12H2,1-2H3. The summed E-state index contributed by atoms with van der Waals surface area (Å²) in [4.78, 5) is 4.31. The van der Waals surface area contributed by atoms with Crippen LogP contribution in [0.25, 0.3) is 0 Å². The van der Waals surface area contributed by atoms with Crippen LogP contribution < -0.4 is 10.5 Å². The normalized spacial score (nSPS) is 10.4. The molecule has 0 aliphatic rings. The van der Waals surface area contributed by atoms with Crippen molar-refractivity contribution in [3.8, 4) is 11.6 Å². The van der Waals surface area contributed by atoms with Crippen molar-refractivity contribution in [1.82, 2.24) is 14.8 Å². The van der Waals surface area contributed by atoms with Gasteiger partial charge < -0.3 is 10.5 Å². The third-order valence-corrected chi connectivity index (χ3v) is 2.19. The van der Waals surface area contributed by atoms with Crippen LogP contribution in [-0.4, -0.2) is 14.8 Å². The van der Waals surface area contributed by atoms with Gasteiger partial charge >= 0.3 is 0 Å². The Morgan fingerprint density at radius 1 is 1.44 bits per heavy atom. The topological polar surface area (TPSA) is 66.0 Å². The van der Waals surface area contributed by atoms with E-state index in [2.05, 4.69) is 10.1 Å². The number of hydrogen-bond donors (Lipinski definition) is 1. The lowest BCUT2D eigenvalue weighted by Crippen LogP contribution is -2.01. The summed E-state index contributed by atoms with van der Waals surface area (Å²) in [6.07, 6.45) is 3.43. The van der Waals surface area contributed by atoms with Gasteiger partial charge in [0.2, 0.25) is 5.88 Å². The lowest BCUT2D eigenvalue weighted by atomic mass is 10.2. The first-order valence-corrected chi connectivity index (χ1v) is 5.02. The Morgan fingerprint density at radius 3 is 2.88 bits per heavy atom. The van der Waals surface area contributed by atoms with Gasteiger partial charge in [0.25, 0.3) is 0 Å². The molecule has 2 aromatic heterocycles. The molecule has 0 aromatic carbocycles. The summed E-state index contributed by atoms with van der Waals surface area (Å²) >= 11 is 0. The lowest BCUT2D eigenvalue weighted by molar-refractivity contribution is 0.454. The predicted octanol–water partition coefficient (Wildman–Crippen LogP) is 1.37. The molecular weight excluding hydrogens is 204 g/mol. The van der Waals surface area contributed by atoms with Crippen LogP contribution in [0.4, 0.5) is 0 Å². The summed E-state index contributed by atoms with van der Waals surface area (Å²) in [5.41, 5.74) is 7.40. The zero-order valence-corrected chi connectivity index (χ0v) is 9.34. The van der Waals surface area contributed by atoms with Gasteiger partial charge in [0, 0.05) is 24.8 Å². The molecule has 0 aliphatic carbocycles. The van der Waals surface area contributed by atoms with Gasteiger partial charge in [-0.15, -0.1) is 0 Å². The summed E-state index contributed by atoms with van der Waals surface area (Å²) in [7, 11) is 1.83. The van der Waals surface area contributed by atoms with Crippen LogP contribution in [0.5, 0.6) is 11.6 Å². The van der Waals surface area contributed by atoms with Gasteiger partial charge in [-0.05, 0) is 13.0 Å². The minimum absolute atomic E-state index is 0.406. The van der Waals surface area contributed by atoms with E-state index in [9.17, 15) is 0 Å². The zero-order valence-electron chi connectivity index (χ0n) is 9.34. The Labute approximate surface area is 93.9 Å². The fraction of sp³-hybridized carbons (Fsp3) is 0.273. The fourth-order valence-corrected chi connectivity index (χ4v) is 1.37. The molecule has 0 bridgehead atoms. The highest BCUT2D eigenvalue weighted by Gasteiger charge is 2.06.